The molecule has 34 heavy (non-hydrogen) atoms. The SMILES string of the molecule is Cc1nocc1C(=O)NC(Cc1cc(Br)ccc1Cl)C(=O)Nc1ccc(-c2nncn2C)cc1. The van der Waals surface area contributed by atoms with Crippen molar-refractivity contribution in [2.75, 3.05) is 5.32 Å². The summed E-state index contributed by atoms with van der Waals surface area (Å²) in [7, 11) is 1.85. The predicted molar refractivity (Wildman–Crippen MR) is 130 cm³/mol. The summed E-state index contributed by atoms with van der Waals surface area (Å²) < 4.78 is 7.47. The molecule has 2 heterocycles. The number of nitrogens with zero attached hydrogens (tertiary/aromatic N) is 4. The molecule has 9 nitrogen and oxygen atoms in total. The Morgan fingerprint density at radius 3 is 2.62 bits per heavy atom. The Bertz CT molecular complexity index is 1330. The number of aromatic nitrogens is 4. The van der Waals surface area contributed by atoms with E-state index < -0.39 is 17.9 Å². The van der Waals surface area contributed by atoms with Gasteiger partial charge in [-0.05, 0) is 55.0 Å². The highest BCUT2D eigenvalue weighted by Gasteiger charge is 2.25. The summed E-state index contributed by atoms with van der Waals surface area (Å²) in [5, 5.41) is 17.8. The molecule has 0 aliphatic rings. The molecule has 0 spiro atoms. The molecule has 2 aromatic carbocycles. The van der Waals surface area contributed by atoms with Crippen molar-refractivity contribution >= 4 is 45.0 Å². The second kappa shape index (κ2) is 10.2. The van der Waals surface area contributed by atoms with Gasteiger partial charge in [-0.1, -0.05) is 32.7 Å². The lowest BCUT2D eigenvalue weighted by atomic mass is 10.0. The van der Waals surface area contributed by atoms with E-state index in [2.05, 4.69) is 41.9 Å². The molecule has 0 saturated heterocycles. The molecule has 0 saturated carbocycles. The van der Waals surface area contributed by atoms with Crippen molar-refractivity contribution in [1.29, 1.82) is 0 Å². The van der Waals surface area contributed by atoms with Crippen molar-refractivity contribution in [2.45, 2.75) is 19.4 Å². The molecule has 2 amide bonds. The second-order valence-electron chi connectivity index (χ2n) is 7.61. The molecule has 174 valence electrons. The van der Waals surface area contributed by atoms with Crippen LogP contribution in [-0.2, 0) is 18.3 Å². The number of aryl methyl sites for hydroxylation is 2. The average molecular weight is 544 g/mol. The predicted octanol–water partition coefficient (Wildman–Crippen LogP) is 4.17. The maximum Gasteiger partial charge on any atom is 0.257 e. The van der Waals surface area contributed by atoms with E-state index >= 15 is 0 Å². The molecular weight excluding hydrogens is 524 g/mol. The van der Waals surface area contributed by atoms with E-state index in [0.29, 0.717) is 27.8 Å². The van der Waals surface area contributed by atoms with Crippen LogP contribution in [0.4, 0.5) is 5.69 Å². The Balaban J connectivity index is 1.55. The number of carbonyl (C=O) groups is 2. The summed E-state index contributed by atoms with van der Waals surface area (Å²) >= 11 is 9.76. The molecule has 11 heteroatoms. The van der Waals surface area contributed by atoms with Gasteiger partial charge in [-0.15, -0.1) is 10.2 Å². The van der Waals surface area contributed by atoms with Gasteiger partial charge in [0.15, 0.2) is 5.82 Å². The summed E-state index contributed by atoms with van der Waals surface area (Å²) in [6.45, 7) is 1.65. The fraction of sp³-hybridized carbons (Fsp3) is 0.174. The molecule has 0 radical (unpaired) electrons. The number of halogens is 2. The fourth-order valence-corrected chi connectivity index (χ4v) is 3.96. The summed E-state index contributed by atoms with van der Waals surface area (Å²) in [4.78, 5) is 26.0. The smallest absolute Gasteiger partial charge is 0.257 e. The van der Waals surface area contributed by atoms with Gasteiger partial charge in [0.2, 0.25) is 5.91 Å². The van der Waals surface area contributed by atoms with Gasteiger partial charge in [0.1, 0.15) is 24.2 Å². The Morgan fingerprint density at radius 1 is 1.21 bits per heavy atom. The molecule has 1 atom stereocenters. The van der Waals surface area contributed by atoms with Gasteiger partial charge >= 0.3 is 0 Å². The monoisotopic (exact) mass is 542 g/mol. The van der Waals surface area contributed by atoms with Crippen molar-refractivity contribution in [3.05, 3.63) is 81.4 Å². The zero-order valence-electron chi connectivity index (χ0n) is 18.3. The Labute approximate surface area is 208 Å². The van der Waals surface area contributed by atoms with E-state index in [1.807, 2.05) is 25.2 Å². The zero-order chi connectivity index (χ0) is 24.2. The Hall–Kier alpha value is -3.50. The lowest BCUT2D eigenvalue weighted by Gasteiger charge is -2.19. The maximum atomic E-state index is 13.2. The van der Waals surface area contributed by atoms with Gasteiger partial charge in [0.25, 0.3) is 5.91 Å². The molecule has 2 aromatic heterocycles. The summed E-state index contributed by atoms with van der Waals surface area (Å²) in [6.07, 6.45) is 3.04. The van der Waals surface area contributed by atoms with Gasteiger partial charge < -0.3 is 19.7 Å². The Morgan fingerprint density at radius 2 is 1.97 bits per heavy atom. The highest BCUT2D eigenvalue weighted by Crippen LogP contribution is 2.23. The van der Waals surface area contributed by atoms with E-state index in [9.17, 15) is 9.59 Å². The molecule has 0 bridgehead atoms. The lowest BCUT2D eigenvalue weighted by Crippen LogP contribution is -2.45. The van der Waals surface area contributed by atoms with Gasteiger partial charge in [-0.2, -0.15) is 0 Å². The van der Waals surface area contributed by atoms with Crippen LogP contribution in [0.2, 0.25) is 5.02 Å². The molecule has 1 unspecified atom stereocenters. The zero-order valence-corrected chi connectivity index (χ0v) is 20.6. The third-order valence-electron chi connectivity index (χ3n) is 5.17. The molecule has 2 N–H and O–H groups in total. The maximum absolute atomic E-state index is 13.2. The van der Waals surface area contributed by atoms with Crippen LogP contribution in [0.5, 0.6) is 0 Å². The van der Waals surface area contributed by atoms with E-state index in [4.69, 9.17) is 16.1 Å². The number of hydrogen-bond donors (Lipinski definition) is 2. The second-order valence-corrected chi connectivity index (χ2v) is 8.93. The average Bonchev–Trinajstić information content (AvgIpc) is 3.44. The van der Waals surface area contributed by atoms with Crippen LogP contribution in [0, 0.1) is 6.92 Å². The van der Waals surface area contributed by atoms with Gasteiger partial charge in [0.05, 0.1) is 5.69 Å². The quantitative estimate of drug-likeness (QED) is 0.361. The van der Waals surface area contributed by atoms with Crippen LogP contribution in [0.15, 0.2) is 64.1 Å². The van der Waals surface area contributed by atoms with E-state index in [1.165, 1.54) is 6.26 Å². The van der Waals surface area contributed by atoms with Crippen molar-refractivity contribution in [2.24, 2.45) is 7.05 Å². The van der Waals surface area contributed by atoms with Crippen LogP contribution in [0.3, 0.4) is 0 Å². The van der Waals surface area contributed by atoms with Gasteiger partial charge in [0, 0.05) is 34.2 Å². The minimum atomic E-state index is -0.910. The number of anilines is 1. The van der Waals surface area contributed by atoms with E-state index in [0.717, 1.165) is 10.0 Å². The molecule has 0 fully saturated rings. The van der Waals surface area contributed by atoms with Crippen LogP contribution in [-0.4, -0.2) is 37.8 Å². The molecular formula is C23H20BrClN6O3. The third kappa shape index (κ3) is 5.35. The van der Waals surface area contributed by atoms with Crippen LogP contribution in [0.25, 0.3) is 11.4 Å². The van der Waals surface area contributed by atoms with Crippen molar-refractivity contribution in [3.63, 3.8) is 0 Å². The molecule has 4 aromatic rings. The molecule has 0 aliphatic heterocycles. The van der Waals surface area contributed by atoms with Crippen LogP contribution >= 0.6 is 27.5 Å². The fourth-order valence-electron chi connectivity index (χ4n) is 3.35. The first-order valence-corrected chi connectivity index (χ1v) is 11.4. The summed E-state index contributed by atoms with van der Waals surface area (Å²) in [5.41, 5.74) is 2.81. The number of benzene rings is 2. The highest BCUT2D eigenvalue weighted by molar-refractivity contribution is 9.10. The van der Waals surface area contributed by atoms with Crippen molar-refractivity contribution in [3.8, 4) is 11.4 Å². The standard InChI is InChI=1S/C23H20BrClN6O3/c1-13-18(11-34-30-13)22(32)28-20(10-15-9-16(24)5-8-19(15)25)23(33)27-17-6-3-14(4-7-17)21-29-26-12-31(21)2/h3-9,11-12,20H,10H2,1-2H3,(H,27,33)(H,28,32). The number of amides is 2. The minimum Gasteiger partial charge on any atom is -0.364 e. The highest BCUT2D eigenvalue weighted by atomic mass is 79.9. The first-order chi connectivity index (χ1) is 16.3. The van der Waals surface area contributed by atoms with Crippen molar-refractivity contribution in [1.82, 2.24) is 25.2 Å². The lowest BCUT2D eigenvalue weighted by molar-refractivity contribution is -0.118. The number of nitrogens with one attached hydrogen (secondary N) is 2. The normalized spacial score (nSPS) is 11.8. The molecule has 0 aliphatic carbocycles. The van der Waals surface area contributed by atoms with Crippen LogP contribution in [0.1, 0.15) is 21.6 Å². The van der Waals surface area contributed by atoms with Gasteiger partial charge in [-0.25, -0.2) is 0 Å². The van der Waals surface area contributed by atoms with E-state index in [1.54, 1.807) is 42.1 Å². The van der Waals surface area contributed by atoms with Crippen LogP contribution < -0.4 is 10.6 Å². The van der Waals surface area contributed by atoms with Gasteiger partial charge in [-0.3, -0.25) is 9.59 Å². The number of hydrogen-bond acceptors (Lipinski definition) is 6. The van der Waals surface area contributed by atoms with Crippen molar-refractivity contribution < 1.29 is 14.1 Å². The largest absolute Gasteiger partial charge is 0.364 e. The molecule has 4 rings (SSSR count). The summed E-state index contributed by atoms with van der Waals surface area (Å²) in [5.74, 6) is -0.163. The first-order valence-electron chi connectivity index (χ1n) is 10.2. The topological polar surface area (TPSA) is 115 Å². The third-order valence-corrected chi connectivity index (χ3v) is 6.03. The Kier molecular flexibility index (Phi) is 7.09. The number of rotatable bonds is 7. The number of carbonyl (C=O) groups excluding carboxylic acids is 2. The van der Waals surface area contributed by atoms with E-state index in [-0.39, 0.29) is 12.0 Å². The first kappa shape index (κ1) is 23.7. The summed E-state index contributed by atoms with van der Waals surface area (Å²) in [6, 6.07) is 11.6. The minimum absolute atomic E-state index is 0.178.